The normalized spacial score (nSPS) is 11.6. The lowest BCUT2D eigenvalue weighted by molar-refractivity contribution is -0.146. The van der Waals surface area contributed by atoms with Crippen LogP contribution in [0.3, 0.4) is 0 Å². The summed E-state index contributed by atoms with van der Waals surface area (Å²) in [5.74, 6) is 1.42. The SMILES string of the molecule is COc1ccc(CN(CCc2c[nH]c3ccccc23)C(=O)CN(CC(C)C)C(=O)C(C)(C)C)cc1OC. The monoisotopic (exact) mass is 507 g/mol. The molecule has 1 heterocycles. The number of para-hydroxylation sites is 1. The molecule has 0 spiro atoms. The van der Waals surface area contributed by atoms with Gasteiger partial charge in [0.05, 0.1) is 20.8 Å². The molecule has 2 aromatic carbocycles. The minimum absolute atomic E-state index is 0.0164. The highest BCUT2D eigenvalue weighted by Gasteiger charge is 2.30. The Labute approximate surface area is 220 Å². The van der Waals surface area contributed by atoms with Gasteiger partial charge >= 0.3 is 0 Å². The van der Waals surface area contributed by atoms with E-state index in [1.165, 1.54) is 0 Å². The molecule has 200 valence electrons. The van der Waals surface area contributed by atoms with E-state index in [4.69, 9.17) is 9.47 Å². The molecular formula is C30H41N3O4. The van der Waals surface area contributed by atoms with Gasteiger partial charge < -0.3 is 24.3 Å². The summed E-state index contributed by atoms with van der Waals surface area (Å²) in [5, 5.41) is 1.16. The minimum Gasteiger partial charge on any atom is -0.493 e. The second-order valence-corrected chi connectivity index (χ2v) is 10.9. The van der Waals surface area contributed by atoms with Crippen LogP contribution in [0.2, 0.25) is 0 Å². The Morgan fingerprint density at radius 3 is 2.32 bits per heavy atom. The van der Waals surface area contributed by atoms with Gasteiger partial charge in [-0.05, 0) is 41.7 Å². The van der Waals surface area contributed by atoms with E-state index in [2.05, 4.69) is 24.9 Å². The van der Waals surface area contributed by atoms with Gasteiger partial charge in [-0.25, -0.2) is 0 Å². The van der Waals surface area contributed by atoms with Crippen molar-refractivity contribution in [1.82, 2.24) is 14.8 Å². The third kappa shape index (κ3) is 7.28. The Morgan fingerprint density at radius 1 is 0.973 bits per heavy atom. The van der Waals surface area contributed by atoms with E-state index in [0.29, 0.717) is 37.6 Å². The number of carbonyl (C=O) groups is 2. The summed E-state index contributed by atoms with van der Waals surface area (Å²) in [7, 11) is 3.20. The zero-order valence-corrected chi connectivity index (χ0v) is 23.3. The number of aromatic amines is 1. The number of aromatic nitrogens is 1. The van der Waals surface area contributed by atoms with Gasteiger partial charge in [0.25, 0.3) is 0 Å². The average Bonchev–Trinajstić information content (AvgIpc) is 3.27. The van der Waals surface area contributed by atoms with Crippen molar-refractivity contribution >= 4 is 22.7 Å². The maximum atomic E-state index is 13.7. The van der Waals surface area contributed by atoms with Crippen molar-refractivity contribution in [2.24, 2.45) is 11.3 Å². The van der Waals surface area contributed by atoms with Gasteiger partial charge in [-0.15, -0.1) is 0 Å². The summed E-state index contributed by atoms with van der Waals surface area (Å²) < 4.78 is 10.9. The van der Waals surface area contributed by atoms with E-state index in [1.807, 2.05) is 68.3 Å². The van der Waals surface area contributed by atoms with Gasteiger partial charge in [0.15, 0.2) is 11.5 Å². The summed E-state index contributed by atoms with van der Waals surface area (Å²) in [6.07, 6.45) is 2.71. The lowest BCUT2D eigenvalue weighted by Gasteiger charge is -2.32. The molecule has 0 aliphatic heterocycles. The van der Waals surface area contributed by atoms with Gasteiger partial charge in [0.1, 0.15) is 0 Å². The topological polar surface area (TPSA) is 74.9 Å². The molecule has 3 aromatic rings. The Balaban J connectivity index is 1.87. The Hall–Kier alpha value is -3.48. The third-order valence-corrected chi connectivity index (χ3v) is 6.34. The fourth-order valence-electron chi connectivity index (χ4n) is 4.48. The molecular weight excluding hydrogens is 466 g/mol. The smallest absolute Gasteiger partial charge is 0.242 e. The molecule has 0 radical (unpaired) electrons. The predicted octanol–water partition coefficient (Wildman–Crippen LogP) is 5.29. The Morgan fingerprint density at radius 2 is 1.68 bits per heavy atom. The first kappa shape index (κ1) is 28.1. The predicted molar refractivity (Wildman–Crippen MR) is 148 cm³/mol. The second kappa shape index (κ2) is 12.2. The molecule has 0 saturated carbocycles. The highest BCUT2D eigenvalue weighted by Crippen LogP contribution is 2.28. The highest BCUT2D eigenvalue weighted by atomic mass is 16.5. The zero-order chi connectivity index (χ0) is 27.2. The number of H-pyrrole nitrogens is 1. The number of fused-ring (bicyclic) bond motifs is 1. The molecule has 0 bridgehead atoms. The Kier molecular flexibility index (Phi) is 9.24. The van der Waals surface area contributed by atoms with Gasteiger partial charge in [0, 0.05) is 42.1 Å². The lowest BCUT2D eigenvalue weighted by Crippen LogP contribution is -2.48. The first-order valence-corrected chi connectivity index (χ1v) is 12.9. The van der Waals surface area contributed by atoms with Crippen molar-refractivity contribution in [1.29, 1.82) is 0 Å². The van der Waals surface area contributed by atoms with Gasteiger partial charge in [-0.3, -0.25) is 9.59 Å². The van der Waals surface area contributed by atoms with Crippen molar-refractivity contribution in [3.05, 3.63) is 59.8 Å². The molecule has 37 heavy (non-hydrogen) atoms. The van der Waals surface area contributed by atoms with Crippen LogP contribution < -0.4 is 9.47 Å². The van der Waals surface area contributed by atoms with Crippen LogP contribution in [0, 0.1) is 11.3 Å². The van der Waals surface area contributed by atoms with E-state index < -0.39 is 5.41 Å². The van der Waals surface area contributed by atoms with Crippen LogP contribution in [0.25, 0.3) is 10.9 Å². The molecule has 0 saturated heterocycles. The molecule has 0 aliphatic rings. The van der Waals surface area contributed by atoms with E-state index in [-0.39, 0.29) is 24.3 Å². The molecule has 0 aliphatic carbocycles. The first-order valence-electron chi connectivity index (χ1n) is 12.9. The Bertz CT molecular complexity index is 1210. The summed E-state index contributed by atoms with van der Waals surface area (Å²) >= 11 is 0. The van der Waals surface area contributed by atoms with Crippen LogP contribution in [-0.4, -0.2) is 60.5 Å². The van der Waals surface area contributed by atoms with Crippen LogP contribution in [0.5, 0.6) is 11.5 Å². The second-order valence-electron chi connectivity index (χ2n) is 10.9. The number of amides is 2. The number of hydrogen-bond donors (Lipinski definition) is 1. The largest absolute Gasteiger partial charge is 0.493 e. The molecule has 1 aromatic heterocycles. The summed E-state index contributed by atoms with van der Waals surface area (Å²) in [4.78, 5) is 33.8. The fraction of sp³-hybridized carbons (Fsp3) is 0.467. The number of rotatable bonds is 11. The van der Waals surface area contributed by atoms with E-state index in [1.54, 1.807) is 19.1 Å². The molecule has 0 fully saturated rings. The number of methoxy groups -OCH3 is 2. The first-order chi connectivity index (χ1) is 17.5. The highest BCUT2D eigenvalue weighted by molar-refractivity contribution is 5.87. The summed E-state index contributed by atoms with van der Waals surface area (Å²) in [6, 6.07) is 13.9. The number of hydrogen-bond acceptors (Lipinski definition) is 4. The molecule has 2 amide bonds. The van der Waals surface area contributed by atoms with Crippen LogP contribution in [-0.2, 0) is 22.6 Å². The van der Waals surface area contributed by atoms with Crippen molar-refractivity contribution < 1.29 is 19.1 Å². The average molecular weight is 508 g/mol. The van der Waals surface area contributed by atoms with Crippen molar-refractivity contribution in [2.45, 2.75) is 47.6 Å². The minimum atomic E-state index is -0.562. The lowest BCUT2D eigenvalue weighted by atomic mass is 9.94. The maximum Gasteiger partial charge on any atom is 0.242 e. The number of ether oxygens (including phenoxy) is 2. The number of nitrogens with one attached hydrogen (secondary N) is 1. The number of benzene rings is 2. The van der Waals surface area contributed by atoms with Crippen molar-refractivity contribution in [3.63, 3.8) is 0 Å². The quantitative estimate of drug-likeness (QED) is 0.383. The van der Waals surface area contributed by atoms with Crippen LogP contribution >= 0.6 is 0 Å². The molecule has 3 rings (SSSR count). The van der Waals surface area contributed by atoms with Crippen LogP contribution in [0.1, 0.15) is 45.7 Å². The zero-order valence-electron chi connectivity index (χ0n) is 23.3. The molecule has 7 heteroatoms. The van der Waals surface area contributed by atoms with Gasteiger partial charge in [0.2, 0.25) is 11.8 Å². The van der Waals surface area contributed by atoms with Crippen molar-refractivity contribution in [3.8, 4) is 11.5 Å². The molecule has 1 N–H and O–H groups in total. The number of carbonyl (C=O) groups excluding carboxylic acids is 2. The molecule has 7 nitrogen and oxygen atoms in total. The van der Waals surface area contributed by atoms with Crippen molar-refractivity contribution in [2.75, 3.05) is 33.9 Å². The maximum absolute atomic E-state index is 13.7. The van der Waals surface area contributed by atoms with Gasteiger partial charge in [-0.1, -0.05) is 58.9 Å². The molecule has 0 atom stereocenters. The van der Waals surface area contributed by atoms with E-state index in [9.17, 15) is 9.59 Å². The van der Waals surface area contributed by atoms with Crippen LogP contribution in [0.4, 0.5) is 0 Å². The van der Waals surface area contributed by atoms with E-state index >= 15 is 0 Å². The summed E-state index contributed by atoms with van der Waals surface area (Å²) in [5.41, 5.74) is 2.61. The molecule has 0 unspecified atom stereocenters. The third-order valence-electron chi connectivity index (χ3n) is 6.34. The summed E-state index contributed by atoms with van der Waals surface area (Å²) in [6.45, 7) is 11.3. The fourth-order valence-corrected chi connectivity index (χ4v) is 4.48. The van der Waals surface area contributed by atoms with Crippen LogP contribution in [0.15, 0.2) is 48.7 Å². The standard InChI is InChI=1S/C30H41N3O4/c1-21(2)18-33(29(35)30(3,4)5)20-28(34)32(19-22-12-13-26(36-6)27(16-22)37-7)15-14-23-17-31-25-11-9-8-10-24(23)25/h8-13,16-17,21,31H,14-15,18-20H2,1-7H3. The van der Waals surface area contributed by atoms with E-state index in [0.717, 1.165) is 22.0 Å². The van der Waals surface area contributed by atoms with Gasteiger partial charge in [-0.2, -0.15) is 0 Å². The number of nitrogens with zero attached hydrogens (tertiary/aromatic N) is 2.